The monoisotopic (exact) mass is 396 g/mol. The number of rotatable bonds is 5. The Hall–Kier alpha value is -2.02. The molecule has 29 heavy (non-hydrogen) atoms. The summed E-state index contributed by atoms with van der Waals surface area (Å²) >= 11 is 0. The van der Waals surface area contributed by atoms with Crippen LogP contribution in [0.25, 0.3) is 10.9 Å². The van der Waals surface area contributed by atoms with E-state index in [1.165, 1.54) is 0 Å². The minimum atomic E-state index is 0.0834. The maximum Gasteiger partial charge on any atom is 0.256 e. The zero-order chi connectivity index (χ0) is 20.2. The fourth-order valence-corrected chi connectivity index (χ4v) is 4.92. The molecule has 2 fully saturated rings. The molecule has 4 rings (SSSR count). The van der Waals surface area contributed by atoms with E-state index in [-0.39, 0.29) is 12.5 Å². The molecule has 0 radical (unpaired) electrons. The van der Waals surface area contributed by atoms with Gasteiger partial charge in [0.1, 0.15) is 0 Å². The number of piperazine rings is 1. The highest BCUT2D eigenvalue weighted by atomic mass is 16.3. The van der Waals surface area contributed by atoms with Crippen LogP contribution in [0.1, 0.15) is 29.6 Å². The number of likely N-dealkylation sites (tertiary alicyclic amines) is 1. The Morgan fingerprint density at radius 2 is 1.93 bits per heavy atom. The molecule has 2 aromatic rings. The Labute approximate surface area is 173 Å². The number of likely N-dealkylation sites (N-methyl/N-ethyl adjacent to an activating group) is 1. The normalized spacial score (nSPS) is 24.1. The molecule has 0 spiro atoms. The van der Waals surface area contributed by atoms with Crippen molar-refractivity contribution in [2.75, 3.05) is 52.9 Å². The highest BCUT2D eigenvalue weighted by molar-refractivity contribution is 6.05. The van der Waals surface area contributed by atoms with E-state index in [1.807, 2.05) is 35.2 Å². The molecule has 156 valence electrons. The Kier molecular flexibility index (Phi) is 6.43. The second-order valence-electron chi connectivity index (χ2n) is 8.45. The third-order valence-corrected chi connectivity index (χ3v) is 6.58. The van der Waals surface area contributed by atoms with E-state index in [4.69, 9.17) is 0 Å². The average Bonchev–Trinajstić information content (AvgIpc) is 2.77. The number of amides is 1. The zero-order valence-corrected chi connectivity index (χ0v) is 17.3. The first kappa shape index (κ1) is 20.3. The van der Waals surface area contributed by atoms with Crippen LogP contribution in [-0.2, 0) is 0 Å². The average molecular weight is 397 g/mol. The Bertz CT molecular complexity index is 829. The molecule has 2 aliphatic heterocycles. The predicted octanol–water partition coefficient (Wildman–Crippen LogP) is 2.09. The summed E-state index contributed by atoms with van der Waals surface area (Å²) in [5, 5.41) is 10.4. The third-order valence-electron chi connectivity index (χ3n) is 6.58. The second-order valence-corrected chi connectivity index (χ2v) is 8.45. The number of aliphatic hydroxyl groups is 1. The lowest BCUT2D eigenvalue weighted by molar-refractivity contribution is 0.0218. The SMILES string of the molecule is CN1CCN([C@H]2CCN(C(=O)c3cccc4cccnc34)C[C@H]2CCCO)CC1. The Morgan fingerprint density at radius 1 is 1.14 bits per heavy atom. The first-order valence-electron chi connectivity index (χ1n) is 10.8. The van der Waals surface area contributed by atoms with E-state index in [9.17, 15) is 9.90 Å². The molecule has 6 heteroatoms. The van der Waals surface area contributed by atoms with Gasteiger partial charge >= 0.3 is 0 Å². The lowest BCUT2D eigenvalue weighted by atomic mass is 9.86. The van der Waals surface area contributed by atoms with Crippen molar-refractivity contribution in [3.05, 3.63) is 42.1 Å². The first-order chi connectivity index (χ1) is 14.2. The number of para-hydroxylation sites is 1. The molecular formula is C23H32N4O2. The molecule has 2 atom stereocenters. The highest BCUT2D eigenvalue weighted by Crippen LogP contribution is 2.29. The van der Waals surface area contributed by atoms with Gasteiger partial charge in [-0.1, -0.05) is 18.2 Å². The van der Waals surface area contributed by atoms with Gasteiger partial charge in [-0.2, -0.15) is 0 Å². The lowest BCUT2D eigenvalue weighted by Crippen LogP contribution is -2.57. The summed E-state index contributed by atoms with van der Waals surface area (Å²) in [5.41, 5.74) is 1.48. The van der Waals surface area contributed by atoms with Gasteiger partial charge in [-0.15, -0.1) is 0 Å². The van der Waals surface area contributed by atoms with Crippen molar-refractivity contribution in [3.8, 4) is 0 Å². The number of hydrogen-bond donors (Lipinski definition) is 1. The number of hydrogen-bond acceptors (Lipinski definition) is 5. The van der Waals surface area contributed by atoms with Gasteiger partial charge in [-0.3, -0.25) is 14.7 Å². The van der Waals surface area contributed by atoms with Crippen LogP contribution in [0.5, 0.6) is 0 Å². The summed E-state index contributed by atoms with van der Waals surface area (Å²) in [6, 6.07) is 10.3. The highest BCUT2D eigenvalue weighted by Gasteiger charge is 2.36. The van der Waals surface area contributed by atoms with Gasteiger partial charge in [0, 0.05) is 63.5 Å². The molecule has 0 unspecified atom stereocenters. The van der Waals surface area contributed by atoms with E-state index in [0.29, 0.717) is 17.5 Å². The van der Waals surface area contributed by atoms with Gasteiger partial charge in [0.2, 0.25) is 0 Å². The molecule has 2 aliphatic rings. The molecule has 2 saturated heterocycles. The molecule has 1 aromatic heterocycles. The number of carbonyl (C=O) groups excluding carboxylic acids is 1. The van der Waals surface area contributed by atoms with Crippen molar-refractivity contribution in [1.29, 1.82) is 0 Å². The molecule has 6 nitrogen and oxygen atoms in total. The van der Waals surface area contributed by atoms with Crippen molar-refractivity contribution in [2.24, 2.45) is 5.92 Å². The second kappa shape index (κ2) is 9.20. The minimum Gasteiger partial charge on any atom is -0.396 e. The molecule has 0 saturated carbocycles. The fraction of sp³-hybridized carbons (Fsp3) is 0.565. The van der Waals surface area contributed by atoms with Crippen molar-refractivity contribution in [2.45, 2.75) is 25.3 Å². The van der Waals surface area contributed by atoms with Crippen molar-refractivity contribution in [3.63, 3.8) is 0 Å². The number of nitrogens with zero attached hydrogens (tertiary/aromatic N) is 4. The van der Waals surface area contributed by atoms with Gasteiger partial charge < -0.3 is 14.9 Å². The first-order valence-corrected chi connectivity index (χ1v) is 10.8. The van der Waals surface area contributed by atoms with E-state index in [2.05, 4.69) is 21.8 Å². The molecule has 0 bridgehead atoms. The molecular weight excluding hydrogens is 364 g/mol. The summed E-state index contributed by atoms with van der Waals surface area (Å²) in [4.78, 5) is 24.8. The Balaban J connectivity index is 1.51. The van der Waals surface area contributed by atoms with Gasteiger partial charge in [0.15, 0.2) is 0 Å². The minimum absolute atomic E-state index is 0.0834. The smallest absolute Gasteiger partial charge is 0.256 e. The van der Waals surface area contributed by atoms with Gasteiger partial charge in [-0.25, -0.2) is 0 Å². The zero-order valence-electron chi connectivity index (χ0n) is 17.3. The number of piperidine rings is 1. The third kappa shape index (κ3) is 4.44. The van der Waals surface area contributed by atoms with Crippen LogP contribution in [0.3, 0.4) is 0 Å². The van der Waals surface area contributed by atoms with Gasteiger partial charge in [-0.05, 0) is 44.4 Å². The summed E-state index contributed by atoms with van der Waals surface area (Å²) in [7, 11) is 2.18. The number of fused-ring (bicyclic) bond motifs is 1. The predicted molar refractivity (Wildman–Crippen MR) is 115 cm³/mol. The van der Waals surface area contributed by atoms with E-state index < -0.39 is 0 Å². The molecule has 3 heterocycles. The maximum atomic E-state index is 13.4. The Morgan fingerprint density at radius 3 is 2.72 bits per heavy atom. The van der Waals surface area contributed by atoms with Crippen LogP contribution >= 0.6 is 0 Å². The standard InChI is InChI=1S/C23H32N4O2/c1-25-12-14-26(15-13-25)21-9-11-27(17-19(21)7-4-16-28)23(29)20-8-2-5-18-6-3-10-24-22(18)20/h2-3,5-6,8,10,19,21,28H,4,7,9,11-17H2,1H3/t19-,21+/m1/s1. The van der Waals surface area contributed by atoms with Crippen molar-refractivity contribution < 1.29 is 9.90 Å². The largest absolute Gasteiger partial charge is 0.396 e. The van der Waals surface area contributed by atoms with Gasteiger partial charge in [0.05, 0.1) is 11.1 Å². The van der Waals surface area contributed by atoms with Crippen LogP contribution in [0.15, 0.2) is 36.5 Å². The maximum absolute atomic E-state index is 13.4. The van der Waals surface area contributed by atoms with E-state index in [1.54, 1.807) is 6.20 Å². The van der Waals surface area contributed by atoms with E-state index in [0.717, 1.165) is 69.4 Å². The topological polar surface area (TPSA) is 59.9 Å². The van der Waals surface area contributed by atoms with Crippen LogP contribution in [0, 0.1) is 5.92 Å². The van der Waals surface area contributed by atoms with Crippen molar-refractivity contribution >= 4 is 16.8 Å². The summed E-state index contributed by atoms with van der Waals surface area (Å²) in [6.07, 6.45) is 4.52. The quantitative estimate of drug-likeness (QED) is 0.839. The van der Waals surface area contributed by atoms with Crippen LogP contribution < -0.4 is 0 Å². The van der Waals surface area contributed by atoms with Crippen molar-refractivity contribution in [1.82, 2.24) is 19.7 Å². The molecule has 1 N–H and O–H groups in total. The fourth-order valence-electron chi connectivity index (χ4n) is 4.92. The number of pyridine rings is 1. The molecule has 0 aliphatic carbocycles. The molecule has 1 aromatic carbocycles. The lowest BCUT2D eigenvalue weighted by Gasteiger charge is -2.46. The molecule has 1 amide bonds. The summed E-state index contributed by atoms with van der Waals surface area (Å²) < 4.78 is 0. The van der Waals surface area contributed by atoms with Crippen LogP contribution in [-0.4, -0.2) is 89.7 Å². The summed E-state index contributed by atoms with van der Waals surface area (Å²) in [6.45, 7) is 6.16. The van der Waals surface area contributed by atoms with Crippen LogP contribution in [0.2, 0.25) is 0 Å². The van der Waals surface area contributed by atoms with Crippen LogP contribution in [0.4, 0.5) is 0 Å². The summed E-state index contributed by atoms with van der Waals surface area (Å²) in [5.74, 6) is 0.492. The number of aromatic nitrogens is 1. The van der Waals surface area contributed by atoms with Gasteiger partial charge in [0.25, 0.3) is 5.91 Å². The number of benzene rings is 1. The number of carbonyl (C=O) groups is 1. The van der Waals surface area contributed by atoms with E-state index >= 15 is 0 Å². The number of aliphatic hydroxyl groups excluding tert-OH is 1.